The largest absolute Gasteiger partial charge is 0.324 e. The van der Waals surface area contributed by atoms with Gasteiger partial charge in [0.15, 0.2) is 0 Å². The minimum absolute atomic E-state index is 0.499. The Morgan fingerprint density at radius 2 is 1.40 bits per heavy atom. The van der Waals surface area contributed by atoms with Crippen molar-refractivity contribution in [3.05, 3.63) is 66.2 Å². The molecule has 0 aliphatic heterocycles. The molecule has 0 saturated heterocycles. The molecule has 1 nitrogen and oxygen atoms in total. The van der Waals surface area contributed by atoms with Crippen molar-refractivity contribution in [3.8, 4) is 0 Å². The molecule has 0 aromatic heterocycles. The molecule has 2 aromatic carbocycles. The van der Waals surface area contributed by atoms with Crippen LogP contribution in [0.25, 0.3) is 0 Å². The van der Waals surface area contributed by atoms with Crippen molar-refractivity contribution < 1.29 is 0 Å². The van der Waals surface area contributed by atoms with E-state index in [4.69, 9.17) is 0 Å². The van der Waals surface area contributed by atoms with Crippen molar-refractivity contribution in [2.75, 3.05) is 0 Å². The highest BCUT2D eigenvalue weighted by Gasteiger charge is 1.90. The van der Waals surface area contributed by atoms with Gasteiger partial charge in [-0.1, -0.05) is 60.7 Å². The van der Waals surface area contributed by atoms with Gasteiger partial charge in [-0.15, -0.1) is 0 Å². The molecule has 0 fully saturated rings. The molecule has 0 spiro atoms. The maximum Gasteiger partial charge on any atom is 0.248 e. The van der Waals surface area contributed by atoms with E-state index in [9.17, 15) is 0 Å². The molecule has 0 amide bonds. The molecule has 2 rings (SSSR count). The number of nitrogens with zero attached hydrogens (tertiary/aromatic N) is 1. The molecule has 2 heteroatoms. The predicted octanol–water partition coefficient (Wildman–Crippen LogP) is 2.05. The first-order valence-corrected chi connectivity index (χ1v) is 5.79. The SMILES string of the molecule is C(=N\[Si]c1ccccc1)/c1ccccc1. The van der Waals surface area contributed by atoms with Crippen LogP contribution in [-0.4, -0.2) is 15.9 Å². The molecule has 2 aromatic rings. The van der Waals surface area contributed by atoms with Crippen molar-refractivity contribution >= 4 is 21.1 Å². The fourth-order valence-corrected chi connectivity index (χ4v) is 1.94. The Labute approximate surface area is 92.4 Å². The normalized spacial score (nSPS) is 10.7. The molecule has 2 radical (unpaired) electrons. The summed E-state index contributed by atoms with van der Waals surface area (Å²) in [6.45, 7) is 0. The van der Waals surface area contributed by atoms with Crippen LogP contribution < -0.4 is 5.19 Å². The van der Waals surface area contributed by atoms with Crippen molar-refractivity contribution in [1.29, 1.82) is 0 Å². The first-order valence-electron chi connectivity index (χ1n) is 4.84. The topological polar surface area (TPSA) is 12.4 Å². The van der Waals surface area contributed by atoms with Gasteiger partial charge in [-0.25, -0.2) is 0 Å². The lowest BCUT2D eigenvalue weighted by molar-refractivity contribution is 1.66. The molecule has 0 heterocycles. The second-order valence-electron chi connectivity index (χ2n) is 3.15. The maximum absolute atomic E-state index is 4.41. The molecule has 0 N–H and O–H groups in total. The van der Waals surface area contributed by atoms with E-state index >= 15 is 0 Å². The Morgan fingerprint density at radius 1 is 0.800 bits per heavy atom. The summed E-state index contributed by atoms with van der Waals surface area (Å²) in [7, 11) is 0.499. The number of hydrogen-bond donors (Lipinski definition) is 0. The van der Waals surface area contributed by atoms with Crippen molar-refractivity contribution in [2.45, 2.75) is 0 Å². The molecule has 0 unspecified atom stereocenters. The maximum atomic E-state index is 4.41. The first kappa shape index (κ1) is 9.87. The van der Waals surface area contributed by atoms with Crippen molar-refractivity contribution in [3.63, 3.8) is 0 Å². The summed E-state index contributed by atoms with van der Waals surface area (Å²) < 4.78 is 4.41. The van der Waals surface area contributed by atoms with Crippen molar-refractivity contribution in [2.24, 2.45) is 4.66 Å². The van der Waals surface area contributed by atoms with Gasteiger partial charge in [0.25, 0.3) is 0 Å². The van der Waals surface area contributed by atoms with Crippen molar-refractivity contribution in [1.82, 2.24) is 0 Å². The van der Waals surface area contributed by atoms with Crippen LogP contribution >= 0.6 is 0 Å². The lowest BCUT2D eigenvalue weighted by Gasteiger charge is -1.93. The molecule has 0 aliphatic carbocycles. The van der Waals surface area contributed by atoms with E-state index in [1.54, 1.807) is 0 Å². The minimum atomic E-state index is 0.499. The summed E-state index contributed by atoms with van der Waals surface area (Å²) in [5.41, 5.74) is 1.15. The van der Waals surface area contributed by atoms with Gasteiger partial charge >= 0.3 is 0 Å². The first-order chi connectivity index (χ1) is 7.45. The van der Waals surface area contributed by atoms with E-state index in [1.807, 2.05) is 42.6 Å². The predicted molar refractivity (Wildman–Crippen MR) is 65.9 cm³/mol. The minimum Gasteiger partial charge on any atom is -0.324 e. The van der Waals surface area contributed by atoms with Crippen LogP contribution in [0.1, 0.15) is 5.56 Å². The van der Waals surface area contributed by atoms with Gasteiger partial charge in [0.05, 0.1) is 0 Å². The molecular weight excluding hydrogens is 198 g/mol. The van der Waals surface area contributed by atoms with E-state index in [2.05, 4.69) is 28.9 Å². The average Bonchev–Trinajstić information content (AvgIpc) is 2.32. The van der Waals surface area contributed by atoms with Crippen LogP contribution in [0.2, 0.25) is 0 Å². The third-order valence-electron chi connectivity index (χ3n) is 1.98. The average molecular weight is 209 g/mol. The third kappa shape index (κ3) is 3.18. The van der Waals surface area contributed by atoms with Crippen LogP contribution in [0, 0.1) is 0 Å². The Balaban J connectivity index is 1.97. The lowest BCUT2D eigenvalue weighted by atomic mass is 10.2. The molecule has 0 atom stereocenters. The van der Waals surface area contributed by atoms with Gasteiger partial charge in [0, 0.05) is 6.21 Å². The zero-order chi connectivity index (χ0) is 10.3. The van der Waals surface area contributed by atoms with Crippen LogP contribution in [0.4, 0.5) is 0 Å². The second-order valence-corrected chi connectivity index (χ2v) is 4.21. The summed E-state index contributed by atoms with van der Waals surface area (Å²) in [6.07, 6.45) is 1.92. The summed E-state index contributed by atoms with van der Waals surface area (Å²) in [4.78, 5) is 0. The van der Waals surface area contributed by atoms with E-state index < -0.39 is 0 Å². The van der Waals surface area contributed by atoms with Gasteiger partial charge in [-0.3, -0.25) is 0 Å². The Hall–Kier alpha value is -1.67. The molecule has 15 heavy (non-hydrogen) atoms. The zero-order valence-electron chi connectivity index (χ0n) is 8.30. The van der Waals surface area contributed by atoms with E-state index in [1.165, 1.54) is 5.19 Å². The van der Waals surface area contributed by atoms with Crippen LogP contribution in [-0.2, 0) is 0 Å². The lowest BCUT2D eigenvalue weighted by Crippen LogP contribution is -2.10. The highest BCUT2D eigenvalue weighted by molar-refractivity contribution is 6.52. The molecule has 0 bridgehead atoms. The van der Waals surface area contributed by atoms with Gasteiger partial charge in [-0.2, -0.15) is 0 Å². The third-order valence-corrected chi connectivity index (χ3v) is 2.83. The fraction of sp³-hybridized carbons (Fsp3) is 0. The molecule has 72 valence electrons. The monoisotopic (exact) mass is 209 g/mol. The zero-order valence-corrected chi connectivity index (χ0v) is 9.30. The number of hydrogen-bond acceptors (Lipinski definition) is 1. The molecule has 0 aliphatic rings. The van der Waals surface area contributed by atoms with E-state index in [0.29, 0.717) is 9.68 Å². The second kappa shape index (κ2) is 5.27. The van der Waals surface area contributed by atoms with Gasteiger partial charge in [0.1, 0.15) is 0 Å². The van der Waals surface area contributed by atoms with E-state index in [-0.39, 0.29) is 0 Å². The van der Waals surface area contributed by atoms with Crippen LogP contribution in [0.15, 0.2) is 65.3 Å². The molecule has 0 saturated carbocycles. The Kier molecular flexibility index (Phi) is 3.46. The smallest absolute Gasteiger partial charge is 0.248 e. The summed E-state index contributed by atoms with van der Waals surface area (Å²) in [5, 5.41) is 1.27. The van der Waals surface area contributed by atoms with Gasteiger partial charge in [0.2, 0.25) is 9.68 Å². The Morgan fingerprint density at radius 3 is 2.07 bits per heavy atom. The Bertz CT molecular complexity index is 423. The fourth-order valence-electron chi connectivity index (χ4n) is 1.23. The van der Waals surface area contributed by atoms with Crippen LogP contribution in [0.5, 0.6) is 0 Å². The van der Waals surface area contributed by atoms with Gasteiger partial charge in [-0.05, 0) is 10.8 Å². The van der Waals surface area contributed by atoms with Gasteiger partial charge < -0.3 is 4.66 Å². The molecular formula is C13H11NSi. The quantitative estimate of drug-likeness (QED) is 0.542. The number of rotatable bonds is 3. The van der Waals surface area contributed by atoms with E-state index in [0.717, 1.165) is 5.56 Å². The highest BCUT2D eigenvalue weighted by Crippen LogP contribution is 1.93. The standard InChI is InChI=1S/C13H11NSi/c1-3-7-12(8-4-1)11-14-15-13-9-5-2-6-10-13/h1-11H/b14-11+. The summed E-state index contributed by atoms with van der Waals surface area (Å²) in [5.74, 6) is 0. The number of benzene rings is 2. The highest BCUT2D eigenvalue weighted by atomic mass is 28.2. The summed E-state index contributed by atoms with van der Waals surface area (Å²) >= 11 is 0. The summed E-state index contributed by atoms with van der Waals surface area (Å²) in [6, 6.07) is 20.5. The van der Waals surface area contributed by atoms with Crippen LogP contribution in [0.3, 0.4) is 0 Å².